The van der Waals surface area contributed by atoms with E-state index in [2.05, 4.69) is 11.8 Å². The summed E-state index contributed by atoms with van der Waals surface area (Å²) in [4.78, 5) is 30.3. The van der Waals surface area contributed by atoms with E-state index in [0.717, 1.165) is 52.2 Å². The third-order valence-electron chi connectivity index (χ3n) is 5.48. The van der Waals surface area contributed by atoms with E-state index in [-0.39, 0.29) is 11.8 Å². The Kier molecular flexibility index (Phi) is 5.06. The Morgan fingerprint density at radius 1 is 1.04 bits per heavy atom. The number of piperidine rings is 1. The van der Waals surface area contributed by atoms with Crippen molar-refractivity contribution in [1.29, 1.82) is 0 Å². The van der Waals surface area contributed by atoms with Crippen molar-refractivity contribution in [3.63, 3.8) is 0 Å². The van der Waals surface area contributed by atoms with Crippen LogP contribution in [0.5, 0.6) is 0 Å². The number of hydrogen-bond acceptors (Lipinski definition) is 4. The van der Waals surface area contributed by atoms with E-state index < -0.39 is 6.03 Å². The summed E-state index contributed by atoms with van der Waals surface area (Å²) in [7, 11) is 0. The number of nitrogens with zero attached hydrogens (tertiary/aromatic N) is 3. The van der Waals surface area contributed by atoms with E-state index in [4.69, 9.17) is 10.5 Å². The highest BCUT2D eigenvalue weighted by atomic mass is 16.5. The molecule has 3 unspecified atom stereocenters. The molecule has 3 atom stereocenters. The molecule has 3 amide bonds. The predicted octanol–water partition coefficient (Wildman–Crippen LogP) is -0.0438. The fourth-order valence-corrected chi connectivity index (χ4v) is 4.15. The Balaban J connectivity index is 1.58. The molecule has 0 aromatic rings. The normalized spacial score (nSPS) is 33.0. The fraction of sp³-hybridized carbons (Fsp3) is 0.875. The minimum absolute atomic E-state index is 0.0908. The zero-order valence-electron chi connectivity index (χ0n) is 13.9. The Morgan fingerprint density at radius 2 is 1.78 bits per heavy atom. The van der Waals surface area contributed by atoms with Gasteiger partial charge in [0.05, 0.1) is 19.1 Å². The maximum atomic E-state index is 12.8. The lowest BCUT2D eigenvalue weighted by Gasteiger charge is -2.35. The van der Waals surface area contributed by atoms with Gasteiger partial charge in [0, 0.05) is 45.3 Å². The molecule has 3 fully saturated rings. The van der Waals surface area contributed by atoms with Gasteiger partial charge in [-0.3, -0.25) is 9.69 Å². The molecule has 3 aliphatic heterocycles. The zero-order chi connectivity index (χ0) is 16.4. The molecule has 0 aliphatic carbocycles. The predicted molar refractivity (Wildman–Crippen MR) is 85.8 cm³/mol. The number of primary amides is 1. The van der Waals surface area contributed by atoms with Crippen LogP contribution in [0.4, 0.5) is 4.79 Å². The van der Waals surface area contributed by atoms with Crippen LogP contribution in [0.25, 0.3) is 0 Å². The number of urea groups is 1. The number of morpholine rings is 1. The standard InChI is InChI=1S/C16H28N4O3/c1-12-9-20(11-14(12)18-5-7-23-8-6-18)15(21)13-3-2-4-19(10-13)16(17)22/h12-14H,2-11H2,1H3,(H2,17,22). The molecule has 3 saturated heterocycles. The second-order valence-corrected chi connectivity index (χ2v) is 7.06. The van der Waals surface area contributed by atoms with Gasteiger partial charge in [-0.1, -0.05) is 6.92 Å². The third kappa shape index (κ3) is 3.61. The molecule has 130 valence electrons. The molecule has 0 aromatic heterocycles. The Hall–Kier alpha value is -1.34. The SMILES string of the molecule is CC1CN(C(=O)C2CCCN(C(N)=O)C2)CC1N1CCOCC1. The first-order valence-electron chi connectivity index (χ1n) is 8.71. The largest absolute Gasteiger partial charge is 0.379 e. The van der Waals surface area contributed by atoms with Gasteiger partial charge >= 0.3 is 6.03 Å². The Labute approximate surface area is 137 Å². The highest BCUT2D eigenvalue weighted by Gasteiger charge is 2.39. The van der Waals surface area contributed by atoms with Crippen LogP contribution in [0.2, 0.25) is 0 Å². The summed E-state index contributed by atoms with van der Waals surface area (Å²) in [6.07, 6.45) is 1.71. The van der Waals surface area contributed by atoms with Gasteiger partial charge in [0.15, 0.2) is 0 Å². The van der Waals surface area contributed by atoms with Crippen LogP contribution in [0, 0.1) is 11.8 Å². The molecular formula is C16H28N4O3. The number of amides is 3. The molecule has 0 radical (unpaired) electrons. The maximum Gasteiger partial charge on any atom is 0.314 e. The molecule has 0 saturated carbocycles. The average molecular weight is 324 g/mol. The van der Waals surface area contributed by atoms with E-state index in [1.54, 1.807) is 4.90 Å². The smallest absolute Gasteiger partial charge is 0.314 e. The van der Waals surface area contributed by atoms with Crippen LogP contribution < -0.4 is 5.73 Å². The minimum atomic E-state index is -0.413. The number of carbonyl (C=O) groups excluding carboxylic acids is 2. The molecule has 7 nitrogen and oxygen atoms in total. The van der Waals surface area contributed by atoms with Gasteiger partial charge in [-0.05, 0) is 18.8 Å². The Morgan fingerprint density at radius 3 is 2.48 bits per heavy atom. The van der Waals surface area contributed by atoms with E-state index >= 15 is 0 Å². The van der Waals surface area contributed by atoms with Gasteiger partial charge in [-0.15, -0.1) is 0 Å². The zero-order valence-corrected chi connectivity index (χ0v) is 13.9. The van der Waals surface area contributed by atoms with Crippen molar-refractivity contribution >= 4 is 11.9 Å². The van der Waals surface area contributed by atoms with Crippen molar-refractivity contribution in [2.75, 3.05) is 52.5 Å². The highest BCUT2D eigenvalue weighted by Crippen LogP contribution is 2.26. The molecule has 0 aromatic carbocycles. The number of ether oxygens (including phenoxy) is 1. The maximum absolute atomic E-state index is 12.8. The van der Waals surface area contributed by atoms with Gasteiger partial charge in [0.2, 0.25) is 5.91 Å². The number of rotatable bonds is 2. The molecule has 3 rings (SSSR count). The van der Waals surface area contributed by atoms with E-state index in [1.165, 1.54) is 0 Å². The molecule has 7 heteroatoms. The number of carbonyl (C=O) groups is 2. The van der Waals surface area contributed by atoms with E-state index in [1.807, 2.05) is 4.90 Å². The first-order valence-corrected chi connectivity index (χ1v) is 8.71. The number of hydrogen-bond donors (Lipinski definition) is 1. The summed E-state index contributed by atoms with van der Waals surface area (Å²) < 4.78 is 5.43. The first-order chi connectivity index (χ1) is 11.1. The van der Waals surface area contributed by atoms with Crippen molar-refractivity contribution < 1.29 is 14.3 Å². The summed E-state index contributed by atoms with van der Waals surface area (Å²) in [5.74, 6) is 0.582. The van der Waals surface area contributed by atoms with E-state index in [0.29, 0.717) is 25.0 Å². The Bertz CT molecular complexity index is 453. The van der Waals surface area contributed by atoms with Crippen LogP contribution in [-0.2, 0) is 9.53 Å². The van der Waals surface area contributed by atoms with Gasteiger partial charge < -0.3 is 20.3 Å². The van der Waals surface area contributed by atoms with Crippen LogP contribution >= 0.6 is 0 Å². The first kappa shape index (κ1) is 16.5. The molecule has 3 heterocycles. The van der Waals surface area contributed by atoms with Crippen molar-refractivity contribution in [3.05, 3.63) is 0 Å². The van der Waals surface area contributed by atoms with Gasteiger partial charge in [-0.2, -0.15) is 0 Å². The van der Waals surface area contributed by atoms with Crippen molar-refractivity contribution in [2.45, 2.75) is 25.8 Å². The molecular weight excluding hydrogens is 296 g/mol. The fourth-order valence-electron chi connectivity index (χ4n) is 4.15. The van der Waals surface area contributed by atoms with Gasteiger partial charge in [-0.25, -0.2) is 4.79 Å². The van der Waals surface area contributed by atoms with Crippen LogP contribution in [0.15, 0.2) is 0 Å². The summed E-state index contributed by atoms with van der Waals surface area (Å²) in [6.45, 7) is 8.46. The van der Waals surface area contributed by atoms with Crippen molar-refractivity contribution in [2.24, 2.45) is 17.6 Å². The second kappa shape index (κ2) is 7.05. The topological polar surface area (TPSA) is 79.1 Å². The molecule has 0 bridgehead atoms. The quantitative estimate of drug-likeness (QED) is 0.773. The molecule has 3 aliphatic rings. The summed E-state index contributed by atoms with van der Waals surface area (Å²) >= 11 is 0. The van der Waals surface area contributed by atoms with E-state index in [9.17, 15) is 9.59 Å². The molecule has 23 heavy (non-hydrogen) atoms. The lowest BCUT2D eigenvalue weighted by Crippen LogP contribution is -2.49. The second-order valence-electron chi connectivity index (χ2n) is 7.06. The summed E-state index contributed by atoms with van der Waals surface area (Å²) in [5.41, 5.74) is 5.37. The number of likely N-dealkylation sites (tertiary alicyclic amines) is 2. The van der Waals surface area contributed by atoms with Crippen LogP contribution in [0.3, 0.4) is 0 Å². The van der Waals surface area contributed by atoms with Crippen LogP contribution in [-0.4, -0.2) is 85.2 Å². The minimum Gasteiger partial charge on any atom is -0.379 e. The molecule has 0 spiro atoms. The highest BCUT2D eigenvalue weighted by molar-refractivity contribution is 5.81. The monoisotopic (exact) mass is 324 g/mol. The van der Waals surface area contributed by atoms with Gasteiger partial charge in [0.1, 0.15) is 0 Å². The lowest BCUT2D eigenvalue weighted by molar-refractivity contribution is -0.136. The molecule has 2 N–H and O–H groups in total. The average Bonchev–Trinajstić information content (AvgIpc) is 2.97. The summed E-state index contributed by atoms with van der Waals surface area (Å²) in [5, 5.41) is 0. The van der Waals surface area contributed by atoms with Crippen molar-refractivity contribution in [3.8, 4) is 0 Å². The number of nitrogens with two attached hydrogens (primary N) is 1. The van der Waals surface area contributed by atoms with Crippen molar-refractivity contribution in [1.82, 2.24) is 14.7 Å². The van der Waals surface area contributed by atoms with Gasteiger partial charge in [0.25, 0.3) is 0 Å². The summed E-state index contributed by atoms with van der Waals surface area (Å²) in [6, 6.07) is 0.0159. The third-order valence-corrected chi connectivity index (χ3v) is 5.48. The van der Waals surface area contributed by atoms with Crippen LogP contribution in [0.1, 0.15) is 19.8 Å². The lowest BCUT2D eigenvalue weighted by atomic mass is 9.97.